The number of halogens is 1. The molecule has 0 aliphatic carbocycles. The summed E-state index contributed by atoms with van der Waals surface area (Å²) in [5, 5.41) is 8.80. The molecule has 0 rings (SSSR count). The maximum Gasteiger partial charge on any atom is 0.305 e. The Labute approximate surface area is 96.8 Å². The average Bonchev–Trinajstić information content (AvgIpc) is 2.21. The summed E-state index contributed by atoms with van der Waals surface area (Å²) in [6.45, 7) is 0. The lowest BCUT2D eigenvalue weighted by Crippen LogP contribution is -1.99. The highest BCUT2D eigenvalue weighted by Gasteiger charge is 2.00. The fourth-order valence-corrected chi connectivity index (χ4v) is 1.55. The van der Waals surface area contributed by atoms with Crippen LogP contribution in [0.1, 0.15) is 51.4 Å². The highest BCUT2D eigenvalue weighted by atomic mass is 35.5. The summed E-state index contributed by atoms with van der Waals surface area (Å²) < 4.78 is 4.54. The summed E-state index contributed by atoms with van der Waals surface area (Å²) in [6, 6.07) is 0. The van der Waals surface area contributed by atoms with Gasteiger partial charge in [-0.25, -0.2) is 0 Å². The van der Waals surface area contributed by atoms with Gasteiger partial charge in [0.2, 0.25) is 0 Å². The van der Waals surface area contributed by atoms with Crippen molar-refractivity contribution in [3.05, 3.63) is 0 Å². The normalized spacial score (nSPS) is 12.5. The van der Waals surface area contributed by atoms with Gasteiger partial charge in [-0.1, -0.05) is 37.3 Å². The second-order valence-electron chi connectivity index (χ2n) is 3.67. The monoisotopic (exact) mass is 236 g/mol. The summed E-state index contributed by atoms with van der Waals surface area (Å²) in [7, 11) is 1.42. The van der Waals surface area contributed by atoms with Crippen molar-refractivity contribution in [1.29, 1.82) is 0 Å². The van der Waals surface area contributed by atoms with E-state index in [0.29, 0.717) is 12.8 Å². The predicted octanol–water partition coefficient (Wildman–Crippen LogP) is 2.84. The number of carbonyl (C=O) groups excluding carboxylic acids is 1. The smallest absolute Gasteiger partial charge is 0.305 e. The van der Waals surface area contributed by atoms with E-state index in [1.54, 1.807) is 0 Å². The largest absolute Gasteiger partial charge is 0.469 e. The van der Waals surface area contributed by atoms with Crippen LogP contribution in [0.25, 0.3) is 0 Å². The van der Waals surface area contributed by atoms with E-state index in [9.17, 15) is 4.79 Å². The standard InChI is InChI=1S/C11H21ClO3/c1-15-11(14)9-7-5-3-2-4-6-8-10(12)13/h10,13H,2-9H2,1H3. The van der Waals surface area contributed by atoms with Crippen molar-refractivity contribution in [2.75, 3.05) is 7.11 Å². The summed E-state index contributed by atoms with van der Waals surface area (Å²) in [5.74, 6) is -0.125. The molecule has 15 heavy (non-hydrogen) atoms. The SMILES string of the molecule is COC(=O)CCCCCCCCC(O)Cl. The third-order valence-electron chi connectivity index (χ3n) is 2.30. The van der Waals surface area contributed by atoms with Crippen LogP contribution in [0.2, 0.25) is 0 Å². The van der Waals surface area contributed by atoms with E-state index in [2.05, 4.69) is 4.74 Å². The van der Waals surface area contributed by atoms with Gasteiger partial charge in [-0.05, 0) is 19.3 Å². The molecule has 90 valence electrons. The summed E-state index contributed by atoms with van der Waals surface area (Å²) in [6.07, 6.45) is 7.52. The van der Waals surface area contributed by atoms with E-state index in [1.165, 1.54) is 7.11 Å². The van der Waals surface area contributed by atoms with Gasteiger partial charge in [0.05, 0.1) is 7.11 Å². The molecule has 0 fully saturated rings. The second-order valence-corrected chi connectivity index (χ2v) is 4.17. The van der Waals surface area contributed by atoms with Crippen molar-refractivity contribution in [3.63, 3.8) is 0 Å². The minimum absolute atomic E-state index is 0.125. The lowest BCUT2D eigenvalue weighted by Gasteiger charge is -2.02. The van der Waals surface area contributed by atoms with Crippen molar-refractivity contribution in [3.8, 4) is 0 Å². The van der Waals surface area contributed by atoms with Crippen LogP contribution in [0.4, 0.5) is 0 Å². The van der Waals surface area contributed by atoms with Gasteiger partial charge < -0.3 is 9.84 Å². The lowest BCUT2D eigenvalue weighted by atomic mass is 10.1. The highest BCUT2D eigenvalue weighted by Crippen LogP contribution is 2.11. The number of aliphatic hydroxyl groups excluding tert-OH is 1. The number of esters is 1. The van der Waals surface area contributed by atoms with Crippen LogP contribution in [0.3, 0.4) is 0 Å². The molecule has 0 spiro atoms. The predicted molar refractivity (Wildman–Crippen MR) is 60.8 cm³/mol. The van der Waals surface area contributed by atoms with Gasteiger partial charge in [0.25, 0.3) is 0 Å². The zero-order valence-corrected chi connectivity index (χ0v) is 10.1. The Morgan fingerprint density at radius 2 is 1.73 bits per heavy atom. The van der Waals surface area contributed by atoms with Gasteiger partial charge in [0.1, 0.15) is 5.56 Å². The second kappa shape index (κ2) is 10.2. The summed E-state index contributed by atoms with van der Waals surface area (Å²) in [4.78, 5) is 10.8. The van der Waals surface area contributed by atoms with Crippen LogP contribution in [-0.2, 0) is 9.53 Å². The fraction of sp³-hybridized carbons (Fsp3) is 0.909. The van der Waals surface area contributed by atoms with E-state index < -0.39 is 5.56 Å². The Morgan fingerprint density at radius 3 is 2.27 bits per heavy atom. The first kappa shape index (κ1) is 14.7. The maximum atomic E-state index is 10.8. The van der Waals surface area contributed by atoms with Crippen LogP contribution in [0.5, 0.6) is 0 Å². The van der Waals surface area contributed by atoms with E-state index in [1.807, 2.05) is 0 Å². The molecule has 3 nitrogen and oxygen atoms in total. The van der Waals surface area contributed by atoms with Gasteiger partial charge >= 0.3 is 5.97 Å². The third-order valence-corrected chi connectivity index (χ3v) is 2.52. The fourth-order valence-electron chi connectivity index (χ4n) is 1.39. The first-order valence-corrected chi connectivity index (χ1v) is 5.99. The van der Waals surface area contributed by atoms with Crippen molar-refractivity contribution in [2.24, 2.45) is 0 Å². The topological polar surface area (TPSA) is 46.5 Å². The van der Waals surface area contributed by atoms with Crippen LogP contribution in [0, 0.1) is 0 Å². The first-order chi connectivity index (χ1) is 7.16. The van der Waals surface area contributed by atoms with Crippen LogP contribution < -0.4 is 0 Å². The lowest BCUT2D eigenvalue weighted by molar-refractivity contribution is -0.140. The van der Waals surface area contributed by atoms with Gasteiger partial charge in [-0.2, -0.15) is 0 Å². The molecule has 0 saturated heterocycles. The quantitative estimate of drug-likeness (QED) is 0.380. The number of hydrogen-bond acceptors (Lipinski definition) is 3. The molecule has 0 aliphatic heterocycles. The number of hydrogen-bond donors (Lipinski definition) is 1. The molecule has 0 aliphatic rings. The van der Waals surface area contributed by atoms with Gasteiger partial charge in [-0.15, -0.1) is 0 Å². The Bertz CT molecular complexity index is 160. The van der Waals surface area contributed by atoms with Crippen LogP contribution in [0.15, 0.2) is 0 Å². The summed E-state index contributed by atoms with van der Waals surface area (Å²) >= 11 is 5.40. The number of alkyl halides is 1. The number of unbranched alkanes of at least 4 members (excludes halogenated alkanes) is 5. The number of rotatable bonds is 9. The molecular weight excluding hydrogens is 216 g/mol. The molecular formula is C11H21ClO3. The number of aliphatic hydroxyl groups is 1. The van der Waals surface area contributed by atoms with Gasteiger partial charge in [0, 0.05) is 6.42 Å². The highest BCUT2D eigenvalue weighted by molar-refractivity contribution is 6.19. The van der Waals surface area contributed by atoms with Crippen molar-refractivity contribution < 1.29 is 14.6 Å². The molecule has 1 atom stereocenters. The molecule has 0 heterocycles. The molecule has 1 N–H and O–H groups in total. The Morgan fingerprint density at radius 1 is 1.20 bits per heavy atom. The van der Waals surface area contributed by atoms with Crippen molar-refractivity contribution in [2.45, 2.75) is 56.9 Å². The van der Waals surface area contributed by atoms with Crippen molar-refractivity contribution in [1.82, 2.24) is 0 Å². The van der Waals surface area contributed by atoms with Crippen LogP contribution >= 0.6 is 11.6 Å². The Kier molecular flexibility index (Phi) is 10.1. The molecule has 1 unspecified atom stereocenters. The van der Waals surface area contributed by atoms with E-state index in [-0.39, 0.29) is 5.97 Å². The zero-order chi connectivity index (χ0) is 11.5. The minimum Gasteiger partial charge on any atom is -0.469 e. The van der Waals surface area contributed by atoms with Crippen LogP contribution in [-0.4, -0.2) is 23.7 Å². The number of ether oxygens (including phenoxy) is 1. The molecule has 0 aromatic heterocycles. The van der Waals surface area contributed by atoms with Crippen molar-refractivity contribution >= 4 is 17.6 Å². The molecule has 4 heteroatoms. The minimum atomic E-state index is -0.690. The Balaban J connectivity index is 3.02. The molecule has 0 bridgehead atoms. The molecule has 0 radical (unpaired) electrons. The van der Waals surface area contributed by atoms with E-state index in [4.69, 9.17) is 16.7 Å². The Hall–Kier alpha value is -0.280. The first-order valence-electron chi connectivity index (χ1n) is 5.55. The molecule has 0 saturated carbocycles. The van der Waals surface area contributed by atoms with Gasteiger partial charge in [0.15, 0.2) is 0 Å². The molecule has 0 amide bonds. The van der Waals surface area contributed by atoms with Gasteiger partial charge in [-0.3, -0.25) is 4.79 Å². The average molecular weight is 237 g/mol. The molecule has 0 aromatic carbocycles. The third kappa shape index (κ3) is 11.6. The maximum absolute atomic E-state index is 10.8. The number of methoxy groups -OCH3 is 1. The summed E-state index contributed by atoms with van der Waals surface area (Å²) in [5.41, 5.74) is -0.690. The zero-order valence-electron chi connectivity index (χ0n) is 9.38. The molecule has 0 aromatic rings. The van der Waals surface area contributed by atoms with E-state index >= 15 is 0 Å². The number of carbonyl (C=O) groups is 1. The van der Waals surface area contributed by atoms with E-state index in [0.717, 1.165) is 38.5 Å².